The molecule has 8 nitrogen and oxygen atoms in total. The van der Waals surface area contributed by atoms with Gasteiger partial charge in [-0.1, -0.05) is 77.9 Å². The number of aromatic nitrogens is 6. The number of para-hydroxylation sites is 2. The molecule has 238 valence electrons. The standard InChI is InChI=1S/C20H27N3O2.C17H21N3/c1-6-25-11-16-22-18-17(13(2)3)21-15-10-8-7-9-14(15)19(18)23(16)12-20(4,5)24;1-11(2)9-20-10-18-16-15(12(3)4)19-14-8-6-5-7-13(14)17(16)20/h7-10,13,24H,6,11-12H2,1-5H3;5-8,10-12H,9H2,1-4H3. The van der Waals surface area contributed by atoms with Crippen molar-refractivity contribution >= 4 is 43.9 Å². The molecule has 0 bridgehead atoms. The zero-order valence-electron chi connectivity index (χ0n) is 28.3. The van der Waals surface area contributed by atoms with Crippen molar-refractivity contribution < 1.29 is 9.84 Å². The minimum Gasteiger partial charge on any atom is -0.389 e. The molecule has 0 atom stereocenters. The summed E-state index contributed by atoms with van der Waals surface area (Å²) in [6, 6.07) is 16.5. The van der Waals surface area contributed by atoms with Crippen LogP contribution in [-0.2, 0) is 24.4 Å². The Hall–Kier alpha value is -3.88. The minimum atomic E-state index is -0.850. The molecule has 0 spiro atoms. The highest BCUT2D eigenvalue weighted by atomic mass is 16.5. The van der Waals surface area contributed by atoms with Crippen LogP contribution < -0.4 is 0 Å². The lowest BCUT2D eigenvalue weighted by Crippen LogP contribution is -2.27. The van der Waals surface area contributed by atoms with E-state index in [1.54, 1.807) is 0 Å². The summed E-state index contributed by atoms with van der Waals surface area (Å²) in [6.45, 7) is 21.2. The van der Waals surface area contributed by atoms with Crippen LogP contribution in [0.1, 0.15) is 91.4 Å². The Balaban J connectivity index is 0.000000182. The van der Waals surface area contributed by atoms with E-state index in [9.17, 15) is 5.11 Å². The molecule has 1 N–H and O–H groups in total. The third-order valence-corrected chi connectivity index (χ3v) is 7.81. The van der Waals surface area contributed by atoms with Crippen molar-refractivity contribution in [2.75, 3.05) is 6.61 Å². The molecule has 4 aromatic heterocycles. The van der Waals surface area contributed by atoms with Gasteiger partial charge in [0.25, 0.3) is 0 Å². The first-order valence-electron chi connectivity index (χ1n) is 16.2. The minimum absolute atomic E-state index is 0.262. The summed E-state index contributed by atoms with van der Waals surface area (Å²) < 4.78 is 10.0. The molecule has 4 heterocycles. The first-order chi connectivity index (χ1) is 21.4. The van der Waals surface area contributed by atoms with E-state index in [4.69, 9.17) is 19.7 Å². The van der Waals surface area contributed by atoms with Crippen molar-refractivity contribution in [1.29, 1.82) is 0 Å². The van der Waals surface area contributed by atoms with Gasteiger partial charge >= 0.3 is 0 Å². The molecule has 0 aliphatic heterocycles. The van der Waals surface area contributed by atoms with E-state index in [1.165, 1.54) is 10.9 Å². The highest BCUT2D eigenvalue weighted by Gasteiger charge is 2.24. The van der Waals surface area contributed by atoms with Gasteiger partial charge in [0.15, 0.2) is 0 Å². The predicted octanol–water partition coefficient (Wildman–Crippen LogP) is 8.38. The molecule has 0 fully saturated rings. The number of fused-ring (bicyclic) bond motifs is 6. The number of imidazole rings is 2. The lowest BCUT2D eigenvalue weighted by Gasteiger charge is -2.21. The fourth-order valence-electron chi connectivity index (χ4n) is 5.91. The van der Waals surface area contributed by atoms with Crippen molar-refractivity contribution in [2.45, 2.75) is 99.4 Å². The zero-order valence-corrected chi connectivity index (χ0v) is 28.3. The maximum Gasteiger partial charge on any atom is 0.136 e. The second kappa shape index (κ2) is 13.2. The highest BCUT2D eigenvalue weighted by molar-refractivity contribution is 6.04. The molecule has 45 heavy (non-hydrogen) atoms. The molecular weight excluding hydrogens is 560 g/mol. The molecule has 0 amide bonds. The lowest BCUT2D eigenvalue weighted by molar-refractivity contribution is 0.0582. The van der Waals surface area contributed by atoms with Gasteiger partial charge in [-0.3, -0.25) is 9.97 Å². The Morgan fingerprint density at radius 2 is 1.33 bits per heavy atom. The second-order valence-corrected chi connectivity index (χ2v) is 13.6. The molecule has 2 aromatic carbocycles. The number of nitrogens with zero attached hydrogens (tertiary/aromatic N) is 6. The van der Waals surface area contributed by atoms with Crippen LogP contribution in [-0.4, -0.2) is 46.4 Å². The number of aliphatic hydroxyl groups is 1. The van der Waals surface area contributed by atoms with E-state index in [-0.39, 0.29) is 5.92 Å². The van der Waals surface area contributed by atoms with Crippen molar-refractivity contribution in [3.63, 3.8) is 0 Å². The third kappa shape index (κ3) is 6.87. The summed E-state index contributed by atoms with van der Waals surface area (Å²) in [4.78, 5) is 19.2. The summed E-state index contributed by atoms with van der Waals surface area (Å²) in [7, 11) is 0. The third-order valence-electron chi connectivity index (χ3n) is 7.81. The van der Waals surface area contributed by atoms with Crippen LogP contribution in [0.3, 0.4) is 0 Å². The number of hydrogen-bond donors (Lipinski definition) is 1. The number of ether oxygens (including phenoxy) is 1. The first kappa shape index (κ1) is 32.5. The maximum atomic E-state index is 10.4. The average Bonchev–Trinajstić information content (AvgIpc) is 3.56. The summed E-state index contributed by atoms with van der Waals surface area (Å²) in [5, 5.41) is 12.7. The zero-order chi connectivity index (χ0) is 32.5. The monoisotopic (exact) mass is 608 g/mol. The van der Waals surface area contributed by atoms with E-state index in [1.807, 2.05) is 45.3 Å². The predicted molar refractivity (Wildman–Crippen MR) is 185 cm³/mol. The fraction of sp³-hybridized carbons (Fsp3) is 0.459. The van der Waals surface area contributed by atoms with Gasteiger partial charge in [0.2, 0.25) is 0 Å². The van der Waals surface area contributed by atoms with Gasteiger partial charge in [0, 0.05) is 23.9 Å². The summed E-state index contributed by atoms with van der Waals surface area (Å²) in [5.41, 5.74) is 7.48. The van der Waals surface area contributed by atoms with Gasteiger partial charge in [-0.25, -0.2) is 9.97 Å². The number of pyridine rings is 2. The van der Waals surface area contributed by atoms with Crippen LogP contribution in [0.2, 0.25) is 0 Å². The quantitative estimate of drug-likeness (QED) is 0.177. The van der Waals surface area contributed by atoms with E-state index >= 15 is 0 Å². The lowest BCUT2D eigenvalue weighted by atomic mass is 10.0. The Labute approximate surface area is 266 Å². The Bertz CT molecular complexity index is 1930. The molecule has 6 rings (SSSR count). The van der Waals surface area contributed by atoms with Crippen molar-refractivity contribution in [1.82, 2.24) is 29.1 Å². The van der Waals surface area contributed by atoms with Gasteiger partial charge in [-0.15, -0.1) is 0 Å². The van der Waals surface area contributed by atoms with E-state index in [2.05, 4.69) is 86.0 Å². The van der Waals surface area contributed by atoms with Crippen molar-refractivity contribution in [3.8, 4) is 0 Å². The van der Waals surface area contributed by atoms with Gasteiger partial charge < -0.3 is 19.0 Å². The molecule has 0 saturated carbocycles. The fourth-order valence-corrected chi connectivity index (χ4v) is 5.91. The van der Waals surface area contributed by atoms with Gasteiger partial charge in [-0.2, -0.15) is 0 Å². The van der Waals surface area contributed by atoms with Crippen LogP contribution in [0, 0.1) is 5.92 Å². The first-order valence-corrected chi connectivity index (χ1v) is 16.2. The topological polar surface area (TPSA) is 90.9 Å². The number of hydrogen-bond acceptors (Lipinski definition) is 6. The molecule has 0 aliphatic carbocycles. The molecule has 0 radical (unpaired) electrons. The maximum absolute atomic E-state index is 10.4. The van der Waals surface area contributed by atoms with Crippen LogP contribution in [0.15, 0.2) is 54.9 Å². The molecular formula is C37H48N6O2. The van der Waals surface area contributed by atoms with Crippen molar-refractivity contribution in [3.05, 3.63) is 72.1 Å². The molecule has 0 aliphatic rings. The number of rotatable bonds is 9. The summed E-state index contributed by atoms with van der Waals surface area (Å²) >= 11 is 0. The SMILES string of the molecule is CC(C)Cn1cnc2c(C(C)C)nc3ccccc3c21.CCOCc1nc2c(C(C)C)nc3ccccc3c2n1CC(C)(C)O. The van der Waals surface area contributed by atoms with Gasteiger partial charge in [0.05, 0.1) is 51.9 Å². The summed E-state index contributed by atoms with van der Waals surface area (Å²) in [5.74, 6) is 2.07. The second-order valence-electron chi connectivity index (χ2n) is 13.6. The van der Waals surface area contributed by atoms with E-state index < -0.39 is 5.60 Å². The van der Waals surface area contributed by atoms with Crippen LogP contribution >= 0.6 is 0 Å². The average molecular weight is 609 g/mol. The smallest absolute Gasteiger partial charge is 0.136 e. The van der Waals surface area contributed by atoms with Crippen LogP contribution in [0.25, 0.3) is 43.9 Å². The Kier molecular flexibility index (Phi) is 9.56. The Morgan fingerprint density at radius 1 is 0.778 bits per heavy atom. The van der Waals surface area contributed by atoms with Crippen molar-refractivity contribution in [2.24, 2.45) is 5.92 Å². The van der Waals surface area contributed by atoms with Gasteiger partial charge in [-0.05, 0) is 50.7 Å². The molecule has 6 aromatic rings. The Morgan fingerprint density at radius 3 is 1.87 bits per heavy atom. The van der Waals surface area contributed by atoms with E-state index in [0.717, 1.165) is 56.7 Å². The largest absolute Gasteiger partial charge is 0.389 e. The molecule has 0 saturated heterocycles. The number of benzene rings is 2. The van der Waals surface area contributed by atoms with Gasteiger partial charge in [0.1, 0.15) is 23.5 Å². The summed E-state index contributed by atoms with van der Waals surface area (Å²) in [6.07, 6.45) is 1.96. The van der Waals surface area contributed by atoms with Crippen LogP contribution in [0.4, 0.5) is 0 Å². The molecule has 8 heteroatoms. The highest BCUT2D eigenvalue weighted by Crippen LogP contribution is 2.32. The van der Waals surface area contributed by atoms with Crippen LogP contribution in [0.5, 0.6) is 0 Å². The van der Waals surface area contributed by atoms with E-state index in [0.29, 0.717) is 31.6 Å². The molecule has 0 unspecified atom stereocenters. The normalized spacial score (nSPS) is 12.4.